The molecule has 1 unspecified atom stereocenters. The summed E-state index contributed by atoms with van der Waals surface area (Å²) in [4.78, 5) is 30.1. The van der Waals surface area contributed by atoms with E-state index in [1.54, 1.807) is 12.1 Å². The molecule has 2 aliphatic rings. The molecule has 0 aromatic heterocycles. The number of anilines is 1. The number of piperazine rings is 1. The second-order valence-corrected chi connectivity index (χ2v) is 8.20. The molecule has 0 spiro atoms. The van der Waals surface area contributed by atoms with Crippen LogP contribution in [0.5, 0.6) is 0 Å². The van der Waals surface area contributed by atoms with Crippen molar-refractivity contribution in [2.75, 3.05) is 63.9 Å². The summed E-state index contributed by atoms with van der Waals surface area (Å²) < 4.78 is 5.50. The van der Waals surface area contributed by atoms with Crippen LogP contribution < -0.4 is 10.2 Å². The molecule has 31 heavy (non-hydrogen) atoms. The Morgan fingerprint density at radius 2 is 1.74 bits per heavy atom. The van der Waals surface area contributed by atoms with Gasteiger partial charge in [-0.3, -0.25) is 15.0 Å². The van der Waals surface area contributed by atoms with E-state index < -0.39 is 0 Å². The lowest BCUT2D eigenvalue weighted by Crippen LogP contribution is -2.56. The molecule has 2 saturated heterocycles. The maximum Gasteiger partial charge on any atom is 0.317 e. The normalized spacial score (nSPS) is 18.8. The number of nitro groups is 1. The fourth-order valence-corrected chi connectivity index (χ4v) is 4.68. The highest BCUT2D eigenvalue weighted by molar-refractivity contribution is 5.75. The number of rotatable bonds is 8. The molecule has 2 aliphatic heterocycles. The van der Waals surface area contributed by atoms with E-state index in [-0.39, 0.29) is 16.6 Å². The molecule has 1 aromatic carbocycles. The molecular formula is C22H35N5O4. The van der Waals surface area contributed by atoms with Crippen LogP contribution in [0.4, 0.5) is 16.2 Å². The number of morpholine rings is 1. The van der Waals surface area contributed by atoms with Gasteiger partial charge in [-0.25, -0.2) is 4.79 Å². The first-order valence-corrected chi connectivity index (χ1v) is 11.4. The molecule has 2 heterocycles. The van der Waals surface area contributed by atoms with Gasteiger partial charge in [-0.15, -0.1) is 0 Å². The Morgan fingerprint density at radius 1 is 1.10 bits per heavy atom. The Hall–Kier alpha value is -2.39. The number of benzene rings is 1. The van der Waals surface area contributed by atoms with Gasteiger partial charge in [0.1, 0.15) is 5.69 Å². The lowest BCUT2D eigenvalue weighted by atomic mass is 9.92. The maximum absolute atomic E-state index is 12.8. The second kappa shape index (κ2) is 11.3. The number of nitrogens with one attached hydrogen (secondary N) is 1. The summed E-state index contributed by atoms with van der Waals surface area (Å²) in [7, 11) is 0. The first-order valence-electron chi connectivity index (χ1n) is 11.4. The number of nitro benzene ring substituents is 1. The molecule has 2 fully saturated rings. The van der Waals surface area contributed by atoms with Crippen molar-refractivity contribution in [3.63, 3.8) is 0 Å². The van der Waals surface area contributed by atoms with Crippen LogP contribution in [-0.2, 0) is 4.74 Å². The summed E-state index contributed by atoms with van der Waals surface area (Å²) in [6.45, 7) is 10.6. The van der Waals surface area contributed by atoms with Crippen LogP contribution in [0.2, 0.25) is 0 Å². The van der Waals surface area contributed by atoms with Crippen molar-refractivity contribution in [2.45, 2.75) is 32.7 Å². The van der Waals surface area contributed by atoms with Crippen LogP contribution in [0.25, 0.3) is 0 Å². The van der Waals surface area contributed by atoms with Crippen molar-refractivity contribution in [3.8, 4) is 0 Å². The van der Waals surface area contributed by atoms with E-state index in [0.29, 0.717) is 50.4 Å². The monoisotopic (exact) mass is 433 g/mol. The summed E-state index contributed by atoms with van der Waals surface area (Å²) in [5.41, 5.74) is 0.729. The largest absolute Gasteiger partial charge is 0.379 e. The van der Waals surface area contributed by atoms with Gasteiger partial charge in [0.15, 0.2) is 0 Å². The molecule has 9 nitrogen and oxygen atoms in total. The van der Waals surface area contributed by atoms with E-state index in [1.165, 1.54) is 6.07 Å². The number of carbonyl (C=O) groups is 1. The van der Waals surface area contributed by atoms with Gasteiger partial charge in [0.25, 0.3) is 5.69 Å². The van der Waals surface area contributed by atoms with Gasteiger partial charge in [-0.1, -0.05) is 38.8 Å². The number of nitrogens with zero attached hydrogens (tertiary/aromatic N) is 4. The molecule has 0 saturated carbocycles. The van der Waals surface area contributed by atoms with E-state index in [4.69, 9.17) is 4.74 Å². The van der Waals surface area contributed by atoms with E-state index >= 15 is 0 Å². The average Bonchev–Trinajstić information content (AvgIpc) is 2.82. The van der Waals surface area contributed by atoms with Gasteiger partial charge in [0, 0.05) is 57.9 Å². The van der Waals surface area contributed by atoms with Crippen molar-refractivity contribution in [1.82, 2.24) is 15.1 Å². The van der Waals surface area contributed by atoms with Gasteiger partial charge in [-0.05, 0) is 12.0 Å². The highest BCUT2D eigenvalue weighted by Crippen LogP contribution is 2.28. The minimum Gasteiger partial charge on any atom is -0.379 e. The topological polar surface area (TPSA) is 91.2 Å². The number of para-hydroxylation sites is 2. The predicted molar refractivity (Wildman–Crippen MR) is 121 cm³/mol. The highest BCUT2D eigenvalue weighted by Gasteiger charge is 2.29. The Bertz CT molecular complexity index is 728. The minimum absolute atomic E-state index is 0.0496. The number of hydrogen-bond donors (Lipinski definition) is 1. The predicted octanol–water partition coefficient (Wildman–Crippen LogP) is 2.56. The summed E-state index contributed by atoms with van der Waals surface area (Å²) in [6.07, 6.45) is 2.17. The van der Waals surface area contributed by atoms with Gasteiger partial charge in [0.2, 0.25) is 0 Å². The zero-order valence-electron chi connectivity index (χ0n) is 18.7. The Kier molecular flexibility index (Phi) is 8.48. The number of urea groups is 1. The van der Waals surface area contributed by atoms with Gasteiger partial charge in [-0.2, -0.15) is 0 Å². The lowest BCUT2D eigenvalue weighted by Gasteiger charge is -2.40. The van der Waals surface area contributed by atoms with Crippen LogP contribution in [-0.4, -0.2) is 85.8 Å². The molecule has 9 heteroatoms. The first kappa shape index (κ1) is 23.3. The number of amides is 2. The van der Waals surface area contributed by atoms with Crippen LogP contribution in [0.1, 0.15) is 26.7 Å². The lowest BCUT2D eigenvalue weighted by molar-refractivity contribution is -0.384. The molecule has 2 amide bonds. The zero-order valence-corrected chi connectivity index (χ0v) is 18.7. The Balaban J connectivity index is 1.55. The summed E-state index contributed by atoms with van der Waals surface area (Å²) in [5.74, 6) is 0.536. The summed E-state index contributed by atoms with van der Waals surface area (Å²) in [6, 6.07) is 7.05. The third kappa shape index (κ3) is 5.86. The molecule has 0 bridgehead atoms. The first-order chi connectivity index (χ1) is 15.0. The zero-order chi connectivity index (χ0) is 22.2. The van der Waals surface area contributed by atoms with Gasteiger partial charge < -0.3 is 19.9 Å². The SMILES string of the molecule is CCC(CC)C(CNC(=O)N1CCN(c2ccccc2[N+](=O)[O-])CC1)N1CCOCC1. The van der Waals surface area contributed by atoms with Crippen molar-refractivity contribution >= 4 is 17.4 Å². The fourth-order valence-electron chi connectivity index (χ4n) is 4.68. The number of ether oxygens (including phenoxy) is 1. The molecule has 1 aromatic rings. The van der Waals surface area contributed by atoms with E-state index in [2.05, 4.69) is 24.1 Å². The molecule has 3 rings (SSSR count). The van der Waals surface area contributed by atoms with E-state index in [9.17, 15) is 14.9 Å². The Morgan fingerprint density at radius 3 is 2.35 bits per heavy atom. The van der Waals surface area contributed by atoms with Crippen LogP contribution in [0.3, 0.4) is 0 Å². The molecule has 1 N–H and O–H groups in total. The number of carbonyl (C=O) groups excluding carboxylic acids is 1. The third-order valence-corrected chi connectivity index (χ3v) is 6.56. The third-order valence-electron chi connectivity index (χ3n) is 6.56. The van der Waals surface area contributed by atoms with Crippen LogP contribution in [0, 0.1) is 16.0 Å². The highest BCUT2D eigenvalue weighted by atomic mass is 16.6. The molecular weight excluding hydrogens is 398 g/mol. The molecule has 0 radical (unpaired) electrons. The maximum atomic E-state index is 12.8. The van der Waals surface area contributed by atoms with Gasteiger partial charge in [0.05, 0.1) is 18.1 Å². The van der Waals surface area contributed by atoms with Crippen molar-refractivity contribution < 1.29 is 14.5 Å². The van der Waals surface area contributed by atoms with E-state index in [1.807, 2.05) is 15.9 Å². The van der Waals surface area contributed by atoms with Crippen molar-refractivity contribution in [2.24, 2.45) is 5.92 Å². The van der Waals surface area contributed by atoms with Crippen molar-refractivity contribution in [1.29, 1.82) is 0 Å². The number of hydrogen-bond acceptors (Lipinski definition) is 6. The molecule has 1 atom stereocenters. The summed E-state index contributed by atoms with van der Waals surface area (Å²) in [5, 5.41) is 14.5. The summed E-state index contributed by atoms with van der Waals surface area (Å²) >= 11 is 0. The van der Waals surface area contributed by atoms with Crippen molar-refractivity contribution in [3.05, 3.63) is 34.4 Å². The minimum atomic E-state index is -0.349. The van der Waals surface area contributed by atoms with Crippen LogP contribution in [0.15, 0.2) is 24.3 Å². The standard InChI is InChI=1S/C22H35N5O4/c1-3-18(4-2)21(25-13-15-31-16-14-25)17-23-22(28)26-11-9-24(10-12-26)19-7-5-6-8-20(19)27(29)30/h5-8,18,21H,3-4,9-17H2,1-2H3,(H,23,28). The fraction of sp³-hybridized carbons (Fsp3) is 0.682. The molecule has 0 aliphatic carbocycles. The average molecular weight is 434 g/mol. The quantitative estimate of drug-likeness (QED) is 0.501. The smallest absolute Gasteiger partial charge is 0.317 e. The molecule has 172 valence electrons. The van der Waals surface area contributed by atoms with Crippen LogP contribution >= 0.6 is 0 Å². The van der Waals surface area contributed by atoms with E-state index in [0.717, 1.165) is 39.1 Å². The second-order valence-electron chi connectivity index (χ2n) is 8.20. The van der Waals surface area contributed by atoms with Gasteiger partial charge >= 0.3 is 6.03 Å². The Labute approximate surface area is 184 Å².